The third kappa shape index (κ3) is 4.51. The molecule has 0 saturated heterocycles. The zero-order chi connectivity index (χ0) is 20.4. The normalized spacial score (nSPS) is 20.1. The minimum absolute atomic E-state index is 0.0271. The molecule has 1 aromatic carbocycles. The van der Waals surface area contributed by atoms with Crippen molar-refractivity contribution in [1.82, 2.24) is 0 Å². The largest absolute Gasteiger partial charge is 0.507 e. The fourth-order valence-corrected chi connectivity index (χ4v) is 3.55. The highest BCUT2D eigenvalue weighted by Gasteiger charge is 2.44. The minimum atomic E-state index is -3.98. The number of benzene rings is 1. The van der Waals surface area contributed by atoms with Gasteiger partial charge in [0.2, 0.25) is 0 Å². The summed E-state index contributed by atoms with van der Waals surface area (Å²) in [4.78, 5) is 11.6. The summed E-state index contributed by atoms with van der Waals surface area (Å²) in [6, 6.07) is 1.63. The van der Waals surface area contributed by atoms with E-state index in [1.165, 1.54) is 0 Å². The summed E-state index contributed by atoms with van der Waals surface area (Å²) >= 11 is 2.99. The molecule has 7 heteroatoms. The Hall–Kier alpha value is -1.89. The maximum atomic E-state index is 14.3. The number of phenolic OH excluding ortho intramolecular Hbond substituents is 2. The molecule has 4 nitrogen and oxygen atoms in total. The van der Waals surface area contributed by atoms with Gasteiger partial charge in [-0.05, 0) is 44.7 Å². The van der Waals surface area contributed by atoms with Crippen molar-refractivity contribution in [2.45, 2.75) is 38.5 Å². The molecule has 1 aromatic rings. The summed E-state index contributed by atoms with van der Waals surface area (Å²) in [7, 11) is 0. The molecule has 1 aliphatic rings. The number of phenols is 2. The molecule has 0 fully saturated rings. The van der Waals surface area contributed by atoms with Crippen molar-refractivity contribution in [3.8, 4) is 11.5 Å². The average molecular weight is 445 g/mol. The van der Waals surface area contributed by atoms with Crippen LogP contribution in [-0.4, -0.2) is 28.1 Å². The first-order chi connectivity index (χ1) is 12.6. The first-order valence-corrected chi connectivity index (χ1v) is 9.71. The minimum Gasteiger partial charge on any atom is -0.507 e. The average Bonchev–Trinajstić information content (AvgIpc) is 2.58. The molecule has 0 aromatic heterocycles. The fourth-order valence-electron chi connectivity index (χ4n) is 3.39. The third-order valence-corrected chi connectivity index (χ3v) is 5.10. The zero-order valence-electron chi connectivity index (χ0n) is 15.3. The van der Waals surface area contributed by atoms with E-state index in [2.05, 4.69) is 27.2 Å². The van der Waals surface area contributed by atoms with E-state index in [-0.39, 0.29) is 29.3 Å². The number of allylic oxidation sites excluding steroid dienone is 3. The first-order valence-electron chi connectivity index (χ1n) is 8.59. The molecule has 0 radical (unpaired) electrons. The Morgan fingerprint density at radius 1 is 1.37 bits per heavy atom. The molecule has 2 N–H and O–H groups in total. The second-order valence-electron chi connectivity index (χ2n) is 6.86. The highest BCUT2D eigenvalue weighted by molar-refractivity contribution is 9.09. The van der Waals surface area contributed by atoms with Gasteiger partial charge < -0.3 is 14.9 Å². The van der Waals surface area contributed by atoms with E-state index in [0.29, 0.717) is 0 Å². The van der Waals surface area contributed by atoms with Gasteiger partial charge in [0.25, 0.3) is 0 Å². The van der Waals surface area contributed by atoms with Crippen molar-refractivity contribution in [1.29, 1.82) is 0 Å². The highest BCUT2D eigenvalue weighted by atomic mass is 79.9. The van der Waals surface area contributed by atoms with E-state index in [1.807, 2.05) is 19.9 Å². The Balaban J connectivity index is 2.46. The van der Waals surface area contributed by atoms with Crippen molar-refractivity contribution in [3.05, 3.63) is 47.1 Å². The number of alkyl halides is 3. The summed E-state index contributed by atoms with van der Waals surface area (Å²) < 4.78 is 33.2. The summed E-state index contributed by atoms with van der Waals surface area (Å²) in [6.07, 6.45) is 3.57. The van der Waals surface area contributed by atoms with Crippen molar-refractivity contribution in [2.75, 3.05) is 11.9 Å². The lowest BCUT2D eigenvalue weighted by Crippen LogP contribution is -2.29. The lowest BCUT2D eigenvalue weighted by atomic mass is 9.73. The first kappa shape index (κ1) is 21.4. The van der Waals surface area contributed by atoms with Crippen LogP contribution in [0.4, 0.5) is 8.78 Å². The molecule has 2 rings (SSSR count). The summed E-state index contributed by atoms with van der Waals surface area (Å²) in [6.45, 7) is 7.56. The second-order valence-corrected chi connectivity index (χ2v) is 7.65. The molecule has 0 heterocycles. The van der Waals surface area contributed by atoms with E-state index < -0.39 is 29.0 Å². The molecule has 1 aliphatic carbocycles. The van der Waals surface area contributed by atoms with Gasteiger partial charge in [-0.25, -0.2) is 4.79 Å². The number of carbonyl (C=O) groups excluding carboxylic acids is 1. The Kier molecular flexibility index (Phi) is 6.68. The van der Waals surface area contributed by atoms with Crippen LogP contribution in [0, 0.1) is 5.92 Å². The van der Waals surface area contributed by atoms with Crippen LogP contribution in [0.2, 0.25) is 0 Å². The summed E-state index contributed by atoms with van der Waals surface area (Å²) in [5.74, 6) is -7.09. The van der Waals surface area contributed by atoms with Crippen molar-refractivity contribution < 1.29 is 28.5 Å². The lowest BCUT2D eigenvalue weighted by molar-refractivity contribution is -0.172. The van der Waals surface area contributed by atoms with Crippen LogP contribution in [0.15, 0.2) is 35.9 Å². The molecular formula is C20H23BrF2O4. The maximum Gasteiger partial charge on any atom is 0.382 e. The number of esters is 1. The van der Waals surface area contributed by atoms with Gasteiger partial charge in [-0.3, -0.25) is 0 Å². The van der Waals surface area contributed by atoms with Gasteiger partial charge >= 0.3 is 11.9 Å². The van der Waals surface area contributed by atoms with E-state index in [0.717, 1.165) is 36.1 Å². The number of rotatable bonds is 6. The molecule has 0 bridgehead atoms. The number of hydrogen-bond donors (Lipinski definition) is 2. The molecule has 2 atom stereocenters. The molecular weight excluding hydrogens is 422 g/mol. The Morgan fingerprint density at radius 3 is 2.48 bits per heavy atom. The predicted octanol–water partition coefficient (Wildman–Crippen LogP) is 5.14. The monoisotopic (exact) mass is 444 g/mol. The number of halogens is 3. The van der Waals surface area contributed by atoms with E-state index >= 15 is 0 Å². The summed E-state index contributed by atoms with van der Waals surface area (Å²) in [5.41, 5.74) is 1.32. The van der Waals surface area contributed by atoms with Gasteiger partial charge in [0.15, 0.2) is 0 Å². The van der Waals surface area contributed by atoms with Crippen LogP contribution < -0.4 is 0 Å². The molecule has 0 aliphatic heterocycles. The quantitative estimate of drug-likeness (QED) is 0.362. The second kappa shape index (κ2) is 8.42. The van der Waals surface area contributed by atoms with Crippen LogP contribution >= 0.6 is 15.9 Å². The Morgan fingerprint density at radius 2 is 1.96 bits per heavy atom. The van der Waals surface area contributed by atoms with Gasteiger partial charge in [0, 0.05) is 22.4 Å². The molecule has 0 amide bonds. The topological polar surface area (TPSA) is 66.8 Å². The lowest BCUT2D eigenvalue weighted by Gasteiger charge is -2.31. The Bertz CT molecular complexity index is 750. The predicted molar refractivity (Wildman–Crippen MR) is 102 cm³/mol. The molecule has 0 spiro atoms. The van der Waals surface area contributed by atoms with E-state index in [9.17, 15) is 23.8 Å². The number of hydrogen-bond acceptors (Lipinski definition) is 4. The molecule has 27 heavy (non-hydrogen) atoms. The van der Waals surface area contributed by atoms with Crippen molar-refractivity contribution in [3.63, 3.8) is 0 Å². The molecule has 2 unspecified atom stereocenters. The van der Waals surface area contributed by atoms with Crippen LogP contribution in [0.25, 0.3) is 0 Å². The van der Waals surface area contributed by atoms with Crippen molar-refractivity contribution >= 4 is 21.9 Å². The fraction of sp³-hybridized carbons (Fsp3) is 0.450. The number of carbonyl (C=O) groups is 1. The molecule has 0 saturated carbocycles. The van der Waals surface area contributed by atoms with Crippen molar-refractivity contribution in [2.24, 2.45) is 5.92 Å². The smallest absolute Gasteiger partial charge is 0.382 e. The third-order valence-electron chi connectivity index (χ3n) is 4.78. The number of aromatic hydroxyl groups is 2. The van der Waals surface area contributed by atoms with Crippen LogP contribution in [0.3, 0.4) is 0 Å². The molecule has 148 valence electrons. The highest BCUT2D eigenvalue weighted by Crippen LogP contribution is 2.47. The van der Waals surface area contributed by atoms with Crippen LogP contribution in [0.1, 0.15) is 43.7 Å². The maximum absolute atomic E-state index is 14.3. The Labute approximate surface area is 165 Å². The SMILES string of the molecule is C=C(C)C1CCC(C)=CC1c1c(O)cc(C(F)(F)C(=O)OCCBr)cc1O. The summed E-state index contributed by atoms with van der Waals surface area (Å²) in [5, 5.41) is 21.1. The van der Waals surface area contributed by atoms with Gasteiger partial charge in [-0.15, -0.1) is 0 Å². The van der Waals surface area contributed by atoms with Gasteiger partial charge in [0.05, 0.1) is 0 Å². The standard InChI is InChI=1S/C20H23BrF2O4/c1-11(2)14-5-4-12(3)8-15(14)18-16(24)9-13(10-17(18)25)20(22,23)19(26)27-7-6-21/h8-10,14-15,24-25H,1,4-7H2,2-3H3. The van der Waals surface area contributed by atoms with Gasteiger partial charge in [0.1, 0.15) is 18.1 Å². The van der Waals surface area contributed by atoms with Gasteiger partial charge in [-0.1, -0.05) is 39.7 Å². The van der Waals surface area contributed by atoms with Crippen LogP contribution in [0.5, 0.6) is 11.5 Å². The van der Waals surface area contributed by atoms with E-state index in [4.69, 9.17) is 0 Å². The zero-order valence-corrected chi connectivity index (χ0v) is 16.9. The van der Waals surface area contributed by atoms with Gasteiger partial charge in [-0.2, -0.15) is 8.78 Å². The van der Waals surface area contributed by atoms with Crippen LogP contribution in [-0.2, 0) is 15.5 Å². The van der Waals surface area contributed by atoms with E-state index in [1.54, 1.807) is 0 Å². The number of ether oxygens (including phenoxy) is 1.